The number of benzene rings is 2. The molecule has 3 amide bonds. The van der Waals surface area contributed by atoms with Crippen molar-refractivity contribution in [2.75, 3.05) is 42.4 Å². The molecule has 4 heterocycles. The highest BCUT2D eigenvalue weighted by Gasteiger charge is 2.31. The van der Waals surface area contributed by atoms with Crippen LogP contribution in [0, 0.1) is 18.8 Å². The smallest absolute Gasteiger partial charge is 0.360 e. The summed E-state index contributed by atoms with van der Waals surface area (Å²) in [5, 5.41) is 48.9. The van der Waals surface area contributed by atoms with E-state index >= 15 is 0 Å². The zero-order valence-corrected chi connectivity index (χ0v) is 39.0. The molecule has 4 aromatic heterocycles. The second-order valence-electron chi connectivity index (χ2n) is 14.3. The number of aliphatic hydroxyl groups excluding tert-OH is 1. The third-order valence-electron chi connectivity index (χ3n) is 9.70. The summed E-state index contributed by atoms with van der Waals surface area (Å²) in [5.41, 5.74) is 9.36. The number of hydrogen-bond acceptors (Lipinski definition) is 17. The van der Waals surface area contributed by atoms with Crippen LogP contribution in [0.5, 0.6) is 0 Å². The molecule has 0 bridgehead atoms. The Morgan fingerprint density at radius 3 is 1.74 bits per heavy atom. The number of esters is 1. The number of nitrogens with zero attached hydrogens (tertiary/aromatic N) is 10. The van der Waals surface area contributed by atoms with Crippen molar-refractivity contribution < 1.29 is 33.1 Å². The van der Waals surface area contributed by atoms with Gasteiger partial charge in [-0.25, -0.2) is 14.8 Å². The summed E-state index contributed by atoms with van der Waals surface area (Å²) in [4.78, 5) is 57.2. The number of carbonyl (C=O) groups excluding carboxylic acids is 4. The minimum Gasteiger partial charge on any atom is -0.464 e. The first kappa shape index (κ1) is 46.3. The van der Waals surface area contributed by atoms with E-state index in [1.54, 1.807) is 66.4 Å². The van der Waals surface area contributed by atoms with Gasteiger partial charge in [0.15, 0.2) is 34.7 Å². The molecule has 2 aromatic carbocycles. The fraction of sp³-hybridized carbons (Fsp3) is 0.317. The summed E-state index contributed by atoms with van der Waals surface area (Å²) >= 11 is 0. The van der Waals surface area contributed by atoms with Crippen molar-refractivity contribution in [2.24, 2.45) is 31.7 Å². The number of nitrogens with one attached hydrogen (secondary N) is 5. The Morgan fingerprint density at radius 1 is 0.785 bits per heavy atom. The molecule has 8 rings (SSSR count). The number of carbonyl (C=O) groups is 4. The van der Waals surface area contributed by atoms with Crippen molar-refractivity contribution in [3.63, 3.8) is 0 Å². The number of methoxy groups -OCH3 is 1. The van der Waals surface area contributed by atoms with Gasteiger partial charge in [0.25, 0.3) is 5.91 Å². The van der Waals surface area contributed by atoms with Crippen LogP contribution in [0.4, 0.5) is 34.4 Å². The van der Waals surface area contributed by atoms with Crippen molar-refractivity contribution in [2.45, 2.75) is 39.2 Å². The van der Waals surface area contributed by atoms with Crippen molar-refractivity contribution >= 4 is 94.5 Å². The van der Waals surface area contributed by atoms with Gasteiger partial charge in [-0.05, 0) is 57.3 Å². The normalized spacial score (nSPS) is 13.2. The van der Waals surface area contributed by atoms with E-state index in [0.29, 0.717) is 39.8 Å². The molecule has 2 saturated carbocycles. The van der Waals surface area contributed by atoms with E-state index < -0.39 is 18.9 Å². The van der Waals surface area contributed by atoms with Gasteiger partial charge in [-0.1, -0.05) is 24.3 Å². The molecular weight excluding hydrogens is 975 g/mol. The third kappa shape index (κ3) is 12.7. The maximum absolute atomic E-state index is 12.3. The van der Waals surface area contributed by atoms with E-state index in [1.807, 2.05) is 25.1 Å². The lowest BCUT2D eigenvalue weighted by Gasteiger charge is -2.16. The molecule has 65 heavy (non-hydrogen) atoms. The number of aliphatic hydroxyl groups is 1. The number of aromatic nitrogens is 10. The first-order chi connectivity index (χ1) is 31.5. The van der Waals surface area contributed by atoms with Crippen LogP contribution < -0.4 is 32.3 Å². The molecule has 0 radical (unpaired) electrons. The number of amides is 3. The Hall–Kier alpha value is -6.70. The zero-order valence-electron chi connectivity index (χ0n) is 38.8. The van der Waals surface area contributed by atoms with Crippen LogP contribution in [0.15, 0.2) is 61.2 Å². The molecular formula is C41H50ClIN16O6. The number of rotatable bonds is 13. The average molecular weight is 1030 g/mol. The van der Waals surface area contributed by atoms with E-state index in [4.69, 9.17) is 8.85 Å². The highest BCUT2D eigenvalue weighted by Crippen LogP contribution is 2.34. The number of nitrogens with two attached hydrogens (primary N) is 1. The van der Waals surface area contributed by atoms with E-state index in [2.05, 4.69) is 72.9 Å². The molecule has 24 heteroatoms. The summed E-state index contributed by atoms with van der Waals surface area (Å²) in [6, 6.07) is 14.1. The third-order valence-corrected chi connectivity index (χ3v) is 9.70. The Morgan fingerprint density at radius 2 is 1.26 bits per heavy atom. The minimum absolute atomic E-state index is 0. The zero-order chi connectivity index (χ0) is 47.7. The lowest BCUT2D eigenvalue weighted by Crippen LogP contribution is -2.22. The molecule has 0 aliphatic heterocycles. The van der Waals surface area contributed by atoms with E-state index in [9.17, 15) is 24.3 Å². The van der Waals surface area contributed by atoms with Crippen LogP contribution in [0.3, 0.4) is 0 Å². The van der Waals surface area contributed by atoms with Crippen molar-refractivity contribution in [3.8, 4) is 22.8 Å². The van der Waals surface area contributed by atoms with Gasteiger partial charge < -0.3 is 42.2 Å². The summed E-state index contributed by atoms with van der Waals surface area (Å²) in [7, 11) is 6.32. The predicted octanol–water partition coefficient (Wildman–Crippen LogP) is 4.29. The first-order valence-corrected chi connectivity index (χ1v) is 19.5. The average Bonchev–Trinajstić information content (AvgIpc) is 4.22. The van der Waals surface area contributed by atoms with E-state index in [0.717, 1.165) is 42.5 Å². The van der Waals surface area contributed by atoms with Gasteiger partial charge in [-0.3, -0.25) is 23.7 Å². The Balaban J connectivity index is 0.000000263. The molecule has 2 aliphatic carbocycles. The lowest BCUT2D eigenvalue weighted by molar-refractivity contribution is -0.118. The number of aryl methyl sites for hydroxylation is 2. The maximum Gasteiger partial charge on any atom is 0.360 e. The van der Waals surface area contributed by atoms with Gasteiger partial charge in [-0.2, -0.15) is 10.2 Å². The van der Waals surface area contributed by atoms with Gasteiger partial charge in [-0.15, -0.1) is 56.8 Å². The quantitative estimate of drug-likeness (QED) is 0.0627. The van der Waals surface area contributed by atoms with Gasteiger partial charge in [0.05, 0.1) is 25.1 Å². The number of ether oxygens (including phenoxy) is 1. The van der Waals surface area contributed by atoms with Crippen LogP contribution in [0.25, 0.3) is 22.8 Å². The van der Waals surface area contributed by atoms with Gasteiger partial charge in [0.2, 0.25) is 11.8 Å². The topological polar surface area (TPSA) is 297 Å². The molecule has 344 valence electrons. The highest BCUT2D eigenvalue weighted by molar-refractivity contribution is 14.0. The lowest BCUT2D eigenvalue weighted by atomic mass is 10.0. The first-order valence-electron chi connectivity index (χ1n) is 21.0. The van der Waals surface area contributed by atoms with Crippen molar-refractivity contribution in [1.29, 1.82) is 0 Å². The summed E-state index contributed by atoms with van der Waals surface area (Å²) in [5.74, 6) is 0.293. The Bertz CT molecular complexity index is 2740. The number of halogens is 2. The molecule has 2 aliphatic rings. The number of anilines is 6. The van der Waals surface area contributed by atoms with Gasteiger partial charge in [0.1, 0.15) is 12.7 Å². The SMILES string of the molecule is CNC(=O)c1nnc(NC(=O)C2CC2)cc1Nc1cccc(-c2ncn(C)n2)c1CO.COC(=O)c1nnc(NC(=O)C2CC2)cc1Nc1cccc(-c2ncn(C)n2)c1C.Cl.I.[2H]C([2H])([2H])N. The van der Waals surface area contributed by atoms with Crippen molar-refractivity contribution in [1.82, 2.24) is 55.2 Å². The van der Waals surface area contributed by atoms with Crippen molar-refractivity contribution in [3.05, 3.63) is 83.7 Å². The molecule has 0 unspecified atom stereocenters. The van der Waals surface area contributed by atoms with E-state index in [-0.39, 0.29) is 89.7 Å². The standard InChI is InChI=1S/C20H22N8O3.C20H21N7O3.CH5N.ClH.HI/c1-21-20(31)17-15(8-16(25-26-17)24-19(30)11-6-7-11)23-14-5-3-4-12(13(14)9-29)18-22-10-28(2)27-18;1-11-13(18-21-10-27(2)26-18)5-4-6-14(11)22-15-9-16(23-19(28)12-7-8-12)24-25-17(15)20(29)30-3;1-2;;/h3-5,8,10-11,29H,6-7,9H2,1-2H3,(H,21,31)(H2,23,24,25,30);4-6,9-10,12H,7-8H2,1-3H3,(H2,22,23,24,28);2H2,1H3;2*1H/i;;1D3;;. The Kier molecular flexibility index (Phi) is 16.6. The van der Waals surface area contributed by atoms with Crippen LogP contribution in [-0.4, -0.2) is 99.9 Å². The fourth-order valence-electron chi connectivity index (χ4n) is 6.09. The summed E-state index contributed by atoms with van der Waals surface area (Å²) < 4.78 is 26.2. The fourth-order valence-corrected chi connectivity index (χ4v) is 6.09. The molecule has 0 spiro atoms. The van der Waals surface area contributed by atoms with Gasteiger partial charge >= 0.3 is 5.97 Å². The molecule has 0 saturated heterocycles. The minimum atomic E-state index is -2.25. The summed E-state index contributed by atoms with van der Waals surface area (Å²) in [6.45, 7) is -0.605. The second kappa shape index (κ2) is 23.3. The second-order valence-corrected chi connectivity index (χ2v) is 14.3. The molecule has 8 N–H and O–H groups in total. The van der Waals surface area contributed by atoms with Crippen LogP contribution in [-0.2, 0) is 35.0 Å². The maximum atomic E-state index is 12.3. The van der Waals surface area contributed by atoms with Crippen LogP contribution >= 0.6 is 36.4 Å². The number of hydrogen-bond donors (Lipinski definition) is 7. The van der Waals surface area contributed by atoms with E-state index in [1.165, 1.54) is 14.2 Å². The summed E-state index contributed by atoms with van der Waals surface area (Å²) in [6.07, 6.45) is 6.66. The molecule has 2 fully saturated rings. The van der Waals surface area contributed by atoms with Crippen LogP contribution in [0.1, 0.15) is 61.9 Å². The molecule has 0 atom stereocenters. The molecule has 6 aromatic rings. The molecule has 22 nitrogen and oxygen atoms in total. The largest absolute Gasteiger partial charge is 0.464 e. The monoisotopic (exact) mass is 1030 g/mol. The highest BCUT2D eigenvalue weighted by atomic mass is 127. The van der Waals surface area contributed by atoms with Crippen LogP contribution in [0.2, 0.25) is 0 Å². The Labute approximate surface area is 401 Å². The predicted molar refractivity (Wildman–Crippen MR) is 254 cm³/mol. The van der Waals surface area contributed by atoms with Gasteiger partial charge in [0, 0.05) is 77.3 Å².